The van der Waals surface area contributed by atoms with Crippen LogP contribution in [0.1, 0.15) is 11.4 Å². The molecule has 2 heterocycles. The summed E-state index contributed by atoms with van der Waals surface area (Å²) >= 11 is 0. The van der Waals surface area contributed by atoms with Gasteiger partial charge in [0.15, 0.2) is 0 Å². The van der Waals surface area contributed by atoms with E-state index in [4.69, 9.17) is 4.74 Å². The molecule has 0 atom stereocenters. The molecule has 0 N–H and O–H groups in total. The van der Waals surface area contributed by atoms with E-state index in [1.54, 1.807) is 18.1 Å². The zero-order valence-electron chi connectivity index (χ0n) is 12.1. The van der Waals surface area contributed by atoms with E-state index in [1.165, 1.54) is 0 Å². The highest BCUT2D eigenvalue weighted by Gasteiger charge is 2.20. The molecule has 0 radical (unpaired) electrons. The molecule has 0 saturated heterocycles. The Hall–Kier alpha value is -2.56. The number of para-hydroxylation sites is 1. The molecule has 1 aliphatic rings. The van der Waals surface area contributed by atoms with Crippen molar-refractivity contribution >= 4 is 12.0 Å². The highest BCUT2D eigenvalue weighted by Crippen LogP contribution is 2.26. The maximum Gasteiger partial charge on any atom is 0.253 e. The van der Waals surface area contributed by atoms with Gasteiger partial charge in [-0.05, 0) is 12.1 Å². The summed E-state index contributed by atoms with van der Waals surface area (Å²) in [4.78, 5) is 18.4. The third-order valence-corrected chi connectivity index (χ3v) is 3.55. The van der Waals surface area contributed by atoms with Crippen LogP contribution < -0.4 is 4.74 Å². The van der Waals surface area contributed by atoms with Gasteiger partial charge in [0.2, 0.25) is 0 Å². The van der Waals surface area contributed by atoms with E-state index in [0.29, 0.717) is 18.7 Å². The Balaban J connectivity index is 1.77. The van der Waals surface area contributed by atoms with E-state index in [2.05, 4.69) is 4.98 Å². The van der Waals surface area contributed by atoms with Crippen molar-refractivity contribution < 1.29 is 9.53 Å². The van der Waals surface area contributed by atoms with Crippen molar-refractivity contribution in [3.05, 3.63) is 53.6 Å². The summed E-state index contributed by atoms with van der Waals surface area (Å²) in [6.45, 7) is 0.780. The standard InChI is InChI=1S/C16H17N3O2/c1-18-8-7-17-15(18)10-19(2)16(20)13-9-12-5-3-4-6-14(12)21-11-13/h3-9H,10-11H2,1-2H3. The Morgan fingerprint density at radius 2 is 2.24 bits per heavy atom. The van der Waals surface area contributed by atoms with Crippen molar-refractivity contribution in [2.24, 2.45) is 7.05 Å². The molecule has 3 rings (SSSR count). The van der Waals surface area contributed by atoms with E-state index >= 15 is 0 Å². The zero-order valence-corrected chi connectivity index (χ0v) is 12.1. The first-order valence-electron chi connectivity index (χ1n) is 6.79. The number of carbonyl (C=O) groups excluding carboxylic acids is 1. The lowest BCUT2D eigenvalue weighted by Gasteiger charge is -2.22. The topological polar surface area (TPSA) is 47.4 Å². The average molecular weight is 283 g/mol. The molecule has 1 aromatic heterocycles. The Labute approximate surface area is 123 Å². The molecule has 2 aromatic rings. The summed E-state index contributed by atoms with van der Waals surface area (Å²) in [7, 11) is 3.69. The molecule has 0 unspecified atom stereocenters. The second kappa shape index (κ2) is 5.44. The van der Waals surface area contributed by atoms with E-state index in [0.717, 1.165) is 17.1 Å². The number of ether oxygens (including phenoxy) is 1. The Morgan fingerprint density at radius 3 is 3.00 bits per heavy atom. The SMILES string of the molecule is CN(Cc1nccn1C)C(=O)C1=Cc2ccccc2OC1. The molecular weight excluding hydrogens is 266 g/mol. The van der Waals surface area contributed by atoms with Crippen molar-refractivity contribution in [3.8, 4) is 5.75 Å². The van der Waals surface area contributed by atoms with Crippen LogP contribution in [0, 0.1) is 0 Å². The second-order valence-corrected chi connectivity index (χ2v) is 5.11. The van der Waals surface area contributed by atoms with Crippen molar-refractivity contribution in [1.29, 1.82) is 0 Å². The Kier molecular flexibility index (Phi) is 3.48. The summed E-state index contributed by atoms with van der Waals surface area (Å²) in [5.41, 5.74) is 1.60. The molecular formula is C16H17N3O2. The van der Waals surface area contributed by atoms with E-state index in [9.17, 15) is 4.79 Å². The monoisotopic (exact) mass is 283 g/mol. The smallest absolute Gasteiger partial charge is 0.253 e. The number of imidazole rings is 1. The number of carbonyl (C=O) groups is 1. The first-order valence-corrected chi connectivity index (χ1v) is 6.79. The molecule has 1 aromatic carbocycles. The minimum atomic E-state index is -0.0347. The molecule has 108 valence electrons. The number of nitrogens with zero attached hydrogens (tertiary/aromatic N) is 3. The molecule has 21 heavy (non-hydrogen) atoms. The highest BCUT2D eigenvalue weighted by atomic mass is 16.5. The normalized spacial score (nSPS) is 13.1. The number of rotatable bonds is 3. The minimum Gasteiger partial charge on any atom is -0.488 e. The van der Waals surface area contributed by atoms with Crippen LogP contribution >= 0.6 is 0 Å². The number of benzene rings is 1. The van der Waals surface area contributed by atoms with Crippen LogP contribution in [0.15, 0.2) is 42.2 Å². The van der Waals surface area contributed by atoms with Gasteiger partial charge in [0.1, 0.15) is 18.2 Å². The van der Waals surface area contributed by atoms with Crippen molar-refractivity contribution in [2.45, 2.75) is 6.54 Å². The fraction of sp³-hybridized carbons (Fsp3) is 0.250. The Bertz CT molecular complexity index is 703. The summed E-state index contributed by atoms with van der Waals surface area (Å²) in [5, 5.41) is 0. The molecule has 0 fully saturated rings. The number of aryl methyl sites for hydroxylation is 1. The molecule has 0 saturated carbocycles. The van der Waals surface area contributed by atoms with Crippen LogP contribution in [-0.4, -0.2) is 34.0 Å². The van der Waals surface area contributed by atoms with Gasteiger partial charge in [-0.15, -0.1) is 0 Å². The molecule has 0 aliphatic carbocycles. The molecule has 1 amide bonds. The van der Waals surface area contributed by atoms with E-state index < -0.39 is 0 Å². The Morgan fingerprint density at radius 1 is 1.43 bits per heavy atom. The lowest BCUT2D eigenvalue weighted by atomic mass is 10.1. The summed E-state index contributed by atoms with van der Waals surface area (Å²) < 4.78 is 7.54. The fourth-order valence-electron chi connectivity index (χ4n) is 2.32. The molecule has 5 nitrogen and oxygen atoms in total. The molecule has 0 spiro atoms. The number of likely N-dealkylation sites (N-methyl/N-ethyl adjacent to an activating group) is 1. The average Bonchev–Trinajstić information content (AvgIpc) is 2.91. The summed E-state index contributed by atoms with van der Waals surface area (Å²) in [6, 6.07) is 7.71. The maximum atomic E-state index is 12.5. The fourth-order valence-corrected chi connectivity index (χ4v) is 2.32. The number of aromatic nitrogens is 2. The third kappa shape index (κ3) is 2.67. The van der Waals surface area contributed by atoms with Gasteiger partial charge < -0.3 is 14.2 Å². The van der Waals surface area contributed by atoms with Crippen LogP contribution in [0.4, 0.5) is 0 Å². The van der Waals surface area contributed by atoms with Gasteiger partial charge in [0.05, 0.1) is 12.1 Å². The van der Waals surface area contributed by atoms with Gasteiger partial charge in [-0.1, -0.05) is 18.2 Å². The summed E-state index contributed by atoms with van der Waals surface area (Å²) in [6.07, 6.45) is 5.50. The number of fused-ring (bicyclic) bond motifs is 1. The molecule has 1 aliphatic heterocycles. The van der Waals surface area contributed by atoms with Gasteiger partial charge >= 0.3 is 0 Å². The first-order chi connectivity index (χ1) is 10.1. The van der Waals surface area contributed by atoms with Crippen LogP contribution in [0.3, 0.4) is 0 Å². The predicted molar refractivity (Wildman–Crippen MR) is 79.6 cm³/mol. The highest BCUT2D eigenvalue weighted by molar-refractivity contribution is 5.98. The molecule has 5 heteroatoms. The van der Waals surface area contributed by atoms with Crippen molar-refractivity contribution in [2.75, 3.05) is 13.7 Å². The first kappa shape index (κ1) is 13.4. The zero-order chi connectivity index (χ0) is 14.8. The van der Waals surface area contributed by atoms with Gasteiger partial charge in [0, 0.05) is 32.1 Å². The van der Waals surface area contributed by atoms with E-state index in [1.807, 2.05) is 48.2 Å². The maximum absolute atomic E-state index is 12.5. The number of hydrogen-bond acceptors (Lipinski definition) is 3. The van der Waals surface area contributed by atoms with Crippen LogP contribution in [0.5, 0.6) is 5.75 Å². The molecule has 0 bridgehead atoms. The van der Waals surface area contributed by atoms with Crippen LogP contribution in [0.25, 0.3) is 6.08 Å². The predicted octanol–water partition coefficient (Wildman–Crippen LogP) is 1.85. The van der Waals surface area contributed by atoms with Crippen molar-refractivity contribution in [1.82, 2.24) is 14.5 Å². The lowest BCUT2D eigenvalue weighted by molar-refractivity contribution is -0.126. The van der Waals surface area contributed by atoms with Crippen LogP contribution in [0.2, 0.25) is 0 Å². The second-order valence-electron chi connectivity index (χ2n) is 5.11. The third-order valence-electron chi connectivity index (χ3n) is 3.55. The number of hydrogen-bond donors (Lipinski definition) is 0. The number of amides is 1. The van der Waals surface area contributed by atoms with Crippen molar-refractivity contribution in [3.63, 3.8) is 0 Å². The largest absolute Gasteiger partial charge is 0.488 e. The van der Waals surface area contributed by atoms with Gasteiger partial charge in [-0.25, -0.2) is 4.98 Å². The van der Waals surface area contributed by atoms with E-state index in [-0.39, 0.29) is 5.91 Å². The summed E-state index contributed by atoms with van der Waals surface area (Å²) in [5.74, 6) is 1.64. The lowest BCUT2D eigenvalue weighted by Crippen LogP contribution is -2.31. The minimum absolute atomic E-state index is 0.0347. The van der Waals surface area contributed by atoms with Gasteiger partial charge in [0.25, 0.3) is 5.91 Å². The van der Waals surface area contributed by atoms with Gasteiger partial charge in [-0.2, -0.15) is 0 Å². The van der Waals surface area contributed by atoms with Crippen LogP contribution in [-0.2, 0) is 18.4 Å². The quantitative estimate of drug-likeness (QED) is 0.863. The van der Waals surface area contributed by atoms with Gasteiger partial charge in [-0.3, -0.25) is 4.79 Å².